The number of hydrogen-bond donors (Lipinski definition) is 2. The van der Waals surface area contributed by atoms with Gasteiger partial charge in [-0.05, 0) is 32.6 Å². The lowest BCUT2D eigenvalue weighted by Crippen LogP contribution is -2.52. The molecule has 0 aromatic carbocycles. The molecule has 0 bridgehead atoms. The van der Waals surface area contributed by atoms with Gasteiger partial charge in [0.1, 0.15) is 0 Å². The second kappa shape index (κ2) is 5.28. The fourth-order valence-electron chi connectivity index (χ4n) is 1.88. The molecule has 2 N–H and O–H groups in total. The van der Waals surface area contributed by atoms with Crippen molar-refractivity contribution in [2.45, 2.75) is 57.6 Å². The maximum Gasteiger partial charge on any atom is 0.0766 e. The average molecular weight is 215 g/mol. The molecule has 0 aromatic heterocycles. The van der Waals surface area contributed by atoms with Crippen LogP contribution in [-0.2, 0) is 4.74 Å². The van der Waals surface area contributed by atoms with E-state index in [9.17, 15) is 5.11 Å². The van der Waals surface area contributed by atoms with Gasteiger partial charge in [-0.15, -0.1) is 0 Å². The zero-order valence-corrected chi connectivity index (χ0v) is 10.3. The molecule has 90 valence electrons. The van der Waals surface area contributed by atoms with E-state index in [0.717, 1.165) is 38.9 Å². The largest absolute Gasteiger partial charge is 0.389 e. The number of rotatable bonds is 5. The predicted molar refractivity (Wildman–Crippen MR) is 62.0 cm³/mol. The van der Waals surface area contributed by atoms with Gasteiger partial charge in [-0.2, -0.15) is 0 Å². The molecule has 3 heteroatoms. The van der Waals surface area contributed by atoms with Gasteiger partial charge in [-0.1, -0.05) is 13.8 Å². The summed E-state index contributed by atoms with van der Waals surface area (Å²) in [6.07, 6.45) is 3.69. The zero-order chi connectivity index (χ0) is 11.4. The third kappa shape index (κ3) is 3.74. The molecule has 0 spiro atoms. The molecule has 1 aliphatic rings. The minimum Gasteiger partial charge on any atom is -0.389 e. The quantitative estimate of drug-likeness (QED) is 0.733. The lowest BCUT2D eigenvalue weighted by Gasteiger charge is -2.38. The number of β-amino-alcohol motifs (C(OH)–C–C–N with tert-alkyl or cyclic N) is 1. The topological polar surface area (TPSA) is 41.5 Å². The Morgan fingerprint density at radius 1 is 1.27 bits per heavy atom. The molecule has 0 atom stereocenters. The highest BCUT2D eigenvalue weighted by molar-refractivity contribution is 4.89. The van der Waals surface area contributed by atoms with Crippen molar-refractivity contribution in [2.24, 2.45) is 0 Å². The second-order valence-corrected chi connectivity index (χ2v) is 4.96. The van der Waals surface area contributed by atoms with E-state index in [0.29, 0.717) is 6.54 Å². The van der Waals surface area contributed by atoms with E-state index in [1.54, 1.807) is 0 Å². The normalized spacial score (nSPS) is 21.6. The van der Waals surface area contributed by atoms with Crippen LogP contribution in [0.2, 0.25) is 0 Å². The first-order valence-electron chi connectivity index (χ1n) is 6.09. The molecule has 1 aliphatic heterocycles. The third-order valence-corrected chi connectivity index (χ3v) is 3.76. The van der Waals surface area contributed by atoms with Crippen molar-refractivity contribution in [1.82, 2.24) is 5.32 Å². The Balaban J connectivity index is 2.40. The SMILES string of the molecule is CCC(O)(CC)CNC1(C)CCOCC1. The van der Waals surface area contributed by atoms with Gasteiger partial charge >= 0.3 is 0 Å². The first kappa shape index (κ1) is 12.9. The van der Waals surface area contributed by atoms with Crippen molar-refractivity contribution < 1.29 is 9.84 Å². The lowest BCUT2D eigenvalue weighted by atomic mass is 9.90. The van der Waals surface area contributed by atoms with Crippen LogP contribution in [-0.4, -0.2) is 36.0 Å². The lowest BCUT2D eigenvalue weighted by molar-refractivity contribution is 0.00396. The van der Waals surface area contributed by atoms with Crippen LogP contribution in [0.15, 0.2) is 0 Å². The molecule has 1 rings (SSSR count). The summed E-state index contributed by atoms with van der Waals surface area (Å²) in [6, 6.07) is 0. The Bertz CT molecular complexity index is 184. The molecule has 0 saturated carbocycles. The van der Waals surface area contributed by atoms with Crippen LogP contribution in [0.1, 0.15) is 46.5 Å². The van der Waals surface area contributed by atoms with Crippen LogP contribution in [0.4, 0.5) is 0 Å². The van der Waals surface area contributed by atoms with Gasteiger partial charge in [-0.25, -0.2) is 0 Å². The summed E-state index contributed by atoms with van der Waals surface area (Å²) < 4.78 is 5.35. The average Bonchev–Trinajstić information content (AvgIpc) is 2.27. The summed E-state index contributed by atoms with van der Waals surface area (Å²) in [5.41, 5.74) is -0.391. The summed E-state index contributed by atoms with van der Waals surface area (Å²) in [5.74, 6) is 0. The molecule has 0 aliphatic carbocycles. The van der Waals surface area contributed by atoms with Gasteiger partial charge in [0.25, 0.3) is 0 Å². The van der Waals surface area contributed by atoms with Crippen molar-refractivity contribution in [1.29, 1.82) is 0 Å². The van der Waals surface area contributed by atoms with Gasteiger partial charge in [0, 0.05) is 25.3 Å². The minimum atomic E-state index is -0.540. The number of hydrogen-bond acceptors (Lipinski definition) is 3. The van der Waals surface area contributed by atoms with Crippen LogP contribution < -0.4 is 5.32 Å². The standard InChI is InChI=1S/C12H25NO2/c1-4-12(14,5-2)10-13-11(3)6-8-15-9-7-11/h13-14H,4-10H2,1-3H3. The molecule has 3 nitrogen and oxygen atoms in total. The van der Waals surface area contributed by atoms with Gasteiger partial charge in [0.15, 0.2) is 0 Å². The molecule has 1 heterocycles. The highest BCUT2D eigenvalue weighted by Crippen LogP contribution is 2.22. The third-order valence-electron chi connectivity index (χ3n) is 3.76. The monoisotopic (exact) mass is 215 g/mol. The summed E-state index contributed by atoms with van der Waals surface area (Å²) in [7, 11) is 0. The highest BCUT2D eigenvalue weighted by Gasteiger charge is 2.30. The van der Waals surface area contributed by atoms with E-state index >= 15 is 0 Å². The van der Waals surface area contributed by atoms with Crippen molar-refractivity contribution in [3.05, 3.63) is 0 Å². The van der Waals surface area contributed by atoms with Crippen LogP contribution in [0.5, 0.6) is 0 Å². The van der Waals surface area contributed by atoms with Crippen molar-refractivity contribution in [2.75, 3.05) is 19.8 Å². The maximum absolute atomic E-state index is 10.2. The van der Waals surface area contributed by atoms with Crippen molar-refractivity contribution in [3.63, 3.8) is 0 Å². The second-order valence-electron chi connectivity index (χ2n) is 4.96. The number of nitrogens with one attached hydrogen (secondary N) is 1. The number of aliphatic hydroxyl groups is 1. The van der Waals surface area contributed by atoms with Crippen LogP contribution in [0, 0.1) is 0 Å². The van der Waals surface area contributed by atoms with Crippen molar-refractivity contribution in [3.8, 4) is 0 Å². The van der Waals surface area contributed by atoms with Gasteiger partial charge in [-0.3, -0.25) is 0 Å². The van der Waals surface area contributed by atoms with E-state index in [4.69, 9.17) is 4.74 Å². The molecule has 0 unspecified atom stereocenters. The van der Waals surface area contributed by atoms with E-state index in [1.165, 1.54) is 0 Å². The maximum atomic E-state index is 10.2. The molecule has 0 radical (unpaired) electrons. The van der Waals surface area contributed by atoms with Crippen molar-refractivity contribution >= 4 is 0 Å². The van der Waals surface area contributed by atoms with Gasteiger partial charge < -0.3 is 15.2 Å². The Hall–Kier alpha value is -0.120. The molecule has 1 saturated heterocycles. The fourth-order valence-corrected chi connectivity index (χ4v) is 1.88. The summed E-state index contributed by atoms with van der Waals surface area (Å²) in [6.45, 7) is 8.66. The molecule has 0 aromatic rings. The highest BCUT2D eigenvalue weighted by atomic mass is 16.5. The fraction of sp³-hybridized carbons (Fsp3) is 1.00. The van der Waals surface area contributed by atoms with Gasteiger partial charge in [0.2, 0.25) is 0 Å². The summed E-state index contributed by atoms with van der Waals surface area (Å²) in [5, 5.41) is 13.7. The summed E-state index contributed by atoms with van der Waals surface area (Å²) in [4.78, 5) is 0. The first-order valence-corrected chi connectivity index (χ1v) is 6.09. The van der Waals surface area contributed by atoms with Crippen LogP contribution >= 0.6 is 0 Å². The zero-order valence-electron chi connectivity index (χ0n) is 10.3. The first-order chi connectivity index (χ1) is 7.04. The Morgan fingerprint density at radius 3 is 2.27 bits per heavy atom. The Morgan fingerprint density at radius 2 is 1.80 bits per heavy atom. The molecule has 1 fully saturated rings. The van der Waals surface area contributed by atoms with Crippen LogP contribution in [0.25, 0.3) is 0 Å². The minimum absolute atomic E-state index is 0.149. The molecular formula is C12H25NO2. The predicted octanol–water partition coefficient (Wildman–Crippen LogP) is 1.70. The van der Waals surface area contributed by atoms with E-state index < -0.39 is 5.60 Å². The van der Waals surface area contributed by atoms with Gasteiger partial charge in [0.05, 0.1) is 5.60 Å². The molecular weight excluding hydrogens is 190 g/mol. The van der Waals surface area contributed by atoms with E-state index in [2.05, 4.69) is 12.2 Å². The molecule has 0 amide bonds. The van der Waals surface area contributed by atoms with E-state index in [1.807, 2.05) is 13.8 Å². The van der Waals surface area contributed by atoms with E-state index in [-0.39, 0.29) is 5.54 Å². The molecule has 15 heavy (non-hydrogen) atoms. The van der Waals surface area contributed by atoms with Crippen LogP contribution in [0.3, 0.4) is 0 Å². The Kier molecular flexibility index (Phi) is 4.56. The number of ether oxygens (including phenoxy) is 1. The smallest absolute Gasteiger partial charge is 0.0766 e. The Labute approximate surface area is 93.2 Å². The summed E-state index contributed by atoms with van der Waals surface area (Å²) >= 11 is 0.